The average molecular weight is 352 g/mol. The second-order valence-corrected chi connectivity index (χ2v) is 8.75. The number of nitriles is 1. The molecule has 1 aliphatic heterocycles. The lowest BCUT2D eigenvalue weighted by Crippen LogP contribution is -2.41. The molecule has 0 aromatic heterocycles. The monoisotopic (exact) mass is 352 g/mol. The number of rotatable bonds is 6. The third-order valence-electron chi connectivity index (χ3n) is 3.89. The highest BCUT2D eigenvalue weighted by Gasteiger charge is 2.33. The summed E-state index contributed by atoms with van der Waals surface area (Å²) >= 11 is 1.51. The van der Waals surface area contributed by atoms with Gasteiger partial charge in [0.2, 0.25) is 5.91 Å². The zero-order valence-corrected chi connectivity index (χ0v) is 14.7. The number of benzene rings is 1. The van der Waals surface area contributed by atoms with Gasteiger partial charge in [-0.15, -0.1) is 11.8 Å². The quantitative estimate of drug-likeness (QED) is 0.780. The van der Waals surface area contributed by atoms with Crippen LogP contribution in [0.1, 0.15) is 24.5 Å². The molecule has 1 heterocycles. The first-order chi connectivity index (χ1) is 10.9. The van der Waals surface area contributed by atoms with E-state index in [2.05, 4.69) is 6.07 Å². The fourth-order valence-corrected chi connectivity index (χ4v) is 5.28. The van der Waals surface area contributed by atoms with Crippen molar-refractivity contribution in [3.63, 3.8) is 0 Å². The first-order valence-electron chi connectivity index (χ1n) is 7.52. The number of carbonyl (C=O) groups excluding carboxylic acids is 1. The van der Waals surface area contributed by atoms with Crippen LogP contribution in [0.5, 0.6) is 0 Å². The van der Waals surface area contributed by atoms with Gasteiger partial charge in [-0.2, -0.15) is 5.26 Å². The van der Waals surface area contributed by atoms with Crippen LogP contribution in [0.4, 0.5) is 0 Å². The van der Waals surface area contributed by atoms with Crippen LogP contribution in [0.25, 0.3) is 0 Å². The second-order valence-electron chi connectivity index (χ2n) is 5.54. The van der Waals surface area contributed by atoms with E-state index >= 15 is 0 Å². The number of thioether (sulfide) groups is 1. The Morgan fingerprint density at radius 2 is 2.09 bits per heavy atom. The van der Waals surface area contributed by atoms with Crippen molar-refractivity contribution < 1.29 is 13.2 Å². The van der Waals surface area contributed by atoms with E-state index in [0.29, 0.717) is 30.0 Å². The van der Waals surface area contributed by atoms with Gasteiger partial charge in [-0.1, -0.05) is 12.1 Å². The van der Waals surface area contributed by atoms with Gasteiger partial charge in [0.25, 0.3) is 0 Å². The topological polar surface area (TPSA) is 78.2 Å². The van der Waals surface area contributed by atoms with Crippen LogP contribution in [0.3, 0.4) is 0 Å². The van der Waals surface area contributed by atoms with Crippen LogP contribution in [0, 0.1) is 11.3 Å². The van der Waals surface area contributed by atoms with Crippen LogP contribution in [0.2, 0.25) is 0 Å². The summed E-state index contributed by atoms with van der Waals surface area (Å²) < 4.78 is 23.1. The number of hydrogen-bond donors (Lipinski definition) is 0. The molecule has 5 nitrogen and oxygen atoms in total. The molecule has 1 aliphatic rings. The molecule has 124 valence electrons. The van der Waals surface area contributed by atoms with Crippen molar-refractivity contribution in [1.29, 1.82) is 5.26 Å². The Balaban J connectivity index is 1.84. The lowest BCUT2D eigenvalue weighted by molar-refractivity contribution is -0.129. The third kappa shape index (κ3) is 4.98. The van der Waals surface area contributed by atoms with E-state index in [1.807, 2.05) is 19.1 Å². The molecule has 23 heavy (non-hydrogen) atoms. The van der Waals surface area contributed by atoms with Crippen LogP contribution >= 0.6 is 11.8 Å². The van der Waals surface area contributed by atoms with E-state index in [4.69, 9.17) is 5.26 Å². The molecule has 0 spiro atoms. The smallest absolute Gasteiger partial charge is 0.232 e. The molecule has 1 atom stereocenters. The van der Waals surface area contributed by atoms with Gasteiger partial charge in [-0.25, -0.2) is 8.42 Å². The minimum absolute atomic E-state index is 0.00625. The maximum absolute atomic E-state index is 12.3. The molecular formula is C16H20N2O3S2. The SMILES string of the molecule is CCN(C(=O)CSCc1ccc(C#N)cc1)[C@H]1CCS(=O)(=O)C1. The van der Waals surface area contributed by atoms with Gasteiger partial charge < -0.3 is 4.90 Å². The molecule has 2 rings (SSSR count). The molecule has 1 aromatic rings. The Bertz CT molecular complexity index is 693. The minimum atomic E-state index is -2.98. The molecule has 7 heteroatoms. The van der Waals surface area contributed by atoms with Gasteiger partial charge in [-0.05, 0) is 31.0 Å². The number of amides is 1. The first kappa shape index (κ1) is 17.8. The predicted octanol–water partition coefficient (Wildman–Crippen LogP) is 1.83. The summed E-state index contributed by atoms with van der Waals surface area (Å²) in [6.07, 6.45) is 0.544. The maximum atomic E-state index is 12.3. The zero-order valence-electron chi connectivity index (χ0n) is 13.1. The van der Waals surface area contributed by atoms with E-state index in [1.165, 1.54) is 11.8 Å². The van der Waals surface area contributed by atoms with E-state index in [1.54, 1.807) is 17.0 Å². The van der Waals surface area contributed by atoms with Crippen LogP contribution in [0.15, 0.2) is 24.3 Å². The van der Waals surface area contributed by atoms with E-state index in [0.717, 1.165) is 5.56 Å². The Kier molecular flexibility index (Phi) is 6.08. The lowest BCUT2D eigenvalue weighted by atomic mass is 10.2. The Morgan fingerprint density at radius 1 is 1.39 bits per heavy atom. The van der Waals surface area contributed by atoms with Crippen molar-refractivity contribution in [2.24, 2.45) is 0 Å². The van der Waals surface area contributed by atoms with Gasteiger partial charge in [-0.3, -0.25) is 4.79 Å². The summed E-state index contributed by atoms with van der Waals surface area (Å²) in [4.78, 5) is 14.0. The van der Waals surface area contributed by atoms with Gasteiger partial charge in [0.15, 0.2) is 9.84 Å². The van der Waals surface area contributed by atoms with Gasteiger partial charge in [0.1, 0.15) is 0 Å². The molecule has 1 amide bonds. The molecule has 0 bridgehead atoms. The van der Waals surface area contributed by atoms with Gasteiger partial charge in [0, 0.05) is 18.3 Å². The second kappa shape index (κ2) is 7.84. The molecule has 1 saturated heterocycles. The molecule has 0 N–H and O–H groups in total. The lowest BCUT2D eigenvalue weighted by Gasteiger charge is -2.26. The van der Waals surface area contributed by atoms with Gasteiger partial charge in [0.05, 0.1) is 28.9 Å². The summed E-state index contributed by atoms with van der Waals surface area (Å²) in [5, 5.41) is 8.76. The summed E-state index contributed by atoms with van der Waals surface area (Å²) in [5.74, 6) is 1.29. The van der Waals surface area contributed by atoms with E-state index in [9.17, 15) is 13.2 Å². The van der Waals surface area contributed by atoms with E-state index < -0.39 is 9.84 Å². The van der Waals surface area contributed by atoms with Crippen molar-refractivity contribution in [3.05, 3.63) is 35.4 Å². The number of sulfone groups is 1. The summed E-state index contributed by atoms with van der Waals surface area (Å²) in [7, 11) is -2.98. The van der Waals surface area contributed by atoms with Crippen LogP contribution in [-0.4, -0.2) is 49.1 Å². The van der Waals surface area contributed by atoms with Gasteiger partial charge >= 0.3 is 0 Å². The molecule has 0 aliphatic carbocycles. The summed E-state index contributed by atoms with van der Waals surface area (Å²) in [5.41, 5.74) is 1.68. The number of carbonyl (C=O) groups is 1. The van der Waals surface area contributed by atoms with Crippen LogP contribution < -0.4 is 0 Å². The molecule has 0 radical (unpaired) electrons. The molecule has 0 unspecified atom stereocenters. The predicted molar refractivity (Wildman–Crippen MR) is 91.8 cm³/mol. The average Bonchev–Trinajstić information content (AvgIpc) is 2.88. The standard InChI is InChI=1S/C16H20N2O3S2/c1-2-18(15-7-8-23(20,21)12-15)16(19)11-22-10-14-5-3-13(9-17)4-6-14/h3-6,15H,2,7-8,10-12H2,1H3/t15-/m0/s1. The Morgan fingerprint density at radius 3 is 2.61 bits per heavy atom. The molecule has 1 fully saturated rings. The number of nitrogens with zero attached hydrogens (tertiary/aromatic N) is 2. The zero-order chi connectivity index (χ0) is 16.9. The molecule has 0 saturated carbocycles. The third-order valence-corrected chi connectivity index (χ3v) is 6.63. The van der Waals surface area contributed by atoms with Crippen molar-refractivity contribution in [2.75, 3.05) is 23.8 Å². The minimum Gasteiger partial charge on any atom is -0.338 e. The highest BCUT2D eigenvalue weighted by Crippen LogP contribution is 2.20. The molecular weight excluding hydrogens is 332 g/mol. The first-order valence-corrected chi connectivity index (χ1v) is 10.5. The summed E-state index contributed by atoms with van der Waals surface area (Å²) in [6.45, 7) is 2.42. The van der Waals surface area contributed by atoms with Crippen molar-refractivity contribution in [3.8, 4) is 6.07 Å². The largest absolute Gasteiger partial charge is 0.338 e. The van der Waals surface area contributed by atoms with E-state index in [-0.39, 0.29) is 23.5 Å². The Labute approximate surface area is 141 Å². The highest BCUT2D eigenvalue weighted by molar-refractivity contribution is 7.99. The maximum Gasteiger partial charge on any atom is 0.232 e. The Hall–Kier alpha value is -1.52. The number of hydrogen-bond acceptors (Lipinski definition) is 5. The normalized spacial score (nSPS) is 19.2. The van der Waals surface area contributed by atoms with Crippen molar-refractivity contribution in [2.45, 2.75) is 25.1 Å². The van der Waals surface area contributed by atoms with Crippen molar-refractivity contribution >= 4 is 27.5 Å². The molecule has 1 aromatic carbocycles. The van der Waals surface area contributed by atoms with Crippen LogP contribution in [-0.2, 0) is 20.4 Å². The van der Waals surface area contributed by atoms with Crippen molar-refractivity contribution in [1.82, 2.24) is 4.90 Å². The highest BCUT2D eigenvalue weighted by atomic mass is 32.2. The summed E-state index contributed by atoms with van der Waals surface area (Å²) in [6, 6.07) is 9.20. The fraction of sp³-hybridized carbons (Fsp3) is 0.500. The fourth-order valence-electron chi connectivity index (χ4n) is 2.67.